The first-order valence-corrected chi connectivity index (χ1v) is 5.49. The number of carbonyl (C=O) groups is 2. The van der Waals surface area contributed by atoms with Crippen LogP contribution in [0.2, 0.25) is 0 Å². The molecule has 0 aliphatic carbocycles. The van der Waals surface area contributed by atoms with E-state index in [2.05, 4.69) is 4.74 Å². The Bertz CT molecular complexity index is 338. The molecule has 0 unspecified atom stereocenters. The third kappa shape index (κ3) is 2.58. The Morgan fingerprint density at radius 1 is 1.29 bits per heavy atom. The van der Waals surface area contributed by atoms with Crippen molar-refractivity contribution in [1.82, 2.24) is 9.96 Å². The smallest absolute Gasteiger partial charge is 0.416 e. The number of hydrogen-bond acceptors (Lipinski definition) is 5. The molecule has 1 aliphatic rings. The molecule has 98 valence electrons. The molecule has 0 radical (unpaired) electrons. The molecule has 1 N–H and O–H groups in total. The molecular weight excluding hydrogens is 224 g/mol. The summed E-state index contributed by atoms with van der Waals surface area (Å²) in [6.07, 6.45) is -0.628. The molecule has 2 amide bonds. The molecule has 1 aliphatic heterocycles. The maximum absolute atomic E-state index is 12.0. The van der Waals surface area contributed by atoms with Crippen LogP contribution in [0.3, 0.4) is 0 Å². The molecule has 1 saturated heterocycles. The Hall–Kier alpha value is -1.14. The van der Waals surface area contributed by atoms with Gasteiger partial charge in [-0.3, -0.25) is 4.79 Å². The SMILES string of the molecule is COC(=O)N1CC(C)(C)N(O)C(C)(C)CC1=O. The zero-order valence-corrected chi connectivity index (χ0v) is 11.0. The first-order valence-electron chi connectivity index (χ1n) is 5.49. The summed E-state index contributed by atoms with van der Waals surface area (Å²) in [6.45, 7) is 7.14. The van der Waals surface area contributed by atoms with Crippen LogP contribution in [-0.2, 0) is 9.53 Å². The second-order valence-electron chi connectivity index (χ2n) is 5.56. The summed E-state index contributed by atoms with van der Waals surface area (Å²) in [5, 5.41) is 11.3. The fourth-order valence-electron chi connectivity index (χ4n) is 2.18. The van der Waals surface area contributed by atoms with Gasteiger partial charge in [0, 0.05) is 12.0 Å². The van der Waals surface area contributed by atoms with Gasteiger partial charge >= 0.3 is 6.09 Å². The monoisotopic (exact) mass is 244 g/mol. The number of imide groups is 1. The van der Waals surface area contributed by atoms with Crippen LogP contribution in [-0.4, -0.2) is 51.9 Å². The maximum atomic E-state index is 12.0. The summed E-state index contributed by atoms with van der Waals surface area (Å²) in [7, 11) is 1.23. The summed E-state index contributed by atoms with van der Waals surface area (Å²) in [5.41, 5.74) is -1.44. The van der Waals surface area contributed by atoms with Crippen LogP contribution >= 0.6 is 0 Å². The van der Waals surface area contributed by atoms with E-state index in [4.69, 9.17) is 0 Å². The number of methoxy groups -OCH3 is 1. The van der Waals surface area contributed by atoms with Gasteiger partial charge in [0.25, 0.3) is 0 Å². The number of nitrogens with zero attached hydrogens (tertiary/aromatic N) is 2. The lowest BCUT2D eigenvalue weighted by atomic mass is 9.95. The molecule has 0 aromatic carbocycles. The van der Waals surface area contributed by atoms with Crippen LogP contribution in [0.25, 0.3) is 0 Å². The zero-order valence-electron chi connectivity index (χ0n) is 11.0. The molecule has 0 atom stereocenters. The molecule has 1 rings (SSSR count). The molecule has 0 bridgehead atoms. The molecule has 17 heavy (non-hydrogen) atoms. The van der Waals surface area contributed by atoms with Crippen molar-refractivity contribution < 1.29 is 19.5 Å². The third-order valence-electron chi connectivity index (χ3n) is 2.97. The predicted molar refractivity (Wildman–Crippen MR) is 60.5 cm³/mol. The summed E-state index contributed by atoms with van der Waals surface area (Å²) < 4.78 is 4.58. The number of amides is 2. The van der Waals surface area contributed by atoms with Crippen LogP contribution < -0.4 is 0 Å². The molecule has 1 fully saturated rings. The van der Waals surface area contributed by atoms with Crippen LogP contribution in [0.1, 0.15) is 34.1 Å². The molecule has 0 aromatic heterocycles. The number of ether oxygens (including phenoxy) is 1. The number of hydroxylamine groups is 2. The first kappa shape index (κ1) is 13.9. The quantitative estimate of drug-likeness (QED) is 0.694. The highest BCUT2D eigenvalue weighted by Gasteiger charge is 2.46. The van der Waals surface area contributed by atoms with Gasteiger partial charge in [-0.1, -0.05) is 0 Å². The van der Waals surface area contributed by atoms with Crippen molar-refractivity contribution in [2.75, 3.05) is 13.7 Å². The highest BCUT2D eigenvalue weighted by atomic mass is 16.5. The van der Waals surface area contributed by atoms with Crippen molar-refractivity contribution in [2.45, 2.75) is 45.2 Å². The number of carbonyl (C=O) groups excluding carboxylic acids is 2. The Morgan fingerprint density at radius 3 is 2.29 bits per heavy atom. The maximum Gasteiger partial charge on any atom is 0.416 e. The van der Waals surface area contributed by atoms with Crippen LogP contribution in [0.5, 0.6) is 0 Å². The van der Waals surface area contributed by atoms with E-state index < -0.39 is 17.2 Å². The van der Waals surface area contributed by atoms with Gasteiger partial charge in [-0.05, 0) is 27.7 Å². The van der Waals surface area contributed by atoms with Gasteiger partial charge in [-0.15, -0.1) is 0 Å². The summed E-state index contributed by atoms with van der Waals surface area (Å²) in [6, 6.07) is 0. The second kappa shape index (κ2) is 4.27. The van der Waals surface area contributed by atoms with Crippen LogP contribution in [0, 0.1) is 0 Å². The molecule has 0 saturated carbocycles. The van der Waals surface area contributed by atoms with Gasteiger partial charge in [0.1, 0.15) is 0 Å². The Balaban J connectivity index is 3.10. The lowest BCUT2D eigenvalue weighted by molar-refractivity contribution is -0.218. The normalized spacial score (nSPS) is 24.4. The fraction of sp³-hybridized carbons (Fsp3) is 0.818. The van der Waals surface area contributed by atoms with E-state index in [1.807, 2.05) is 0 Å². The van der Waals surface area contributed by atoms with E-state index in [9.17, 15) is 14.8 Å². The Morgan fingerprint density at radius 2 is 1.82 bits per heavy atom. The highest BCUT2D eigenvalue weighted by Crippen LogP contribution is 2.31. The molecule has 6 nitrogen and oxygen atoms in total. The summed E-state index contributed by atoms with van der Waals surface area (Å²) >= 11 is 0. The van der Waals surface area contributed by atoms with Crippen molar-refractivity contribution in [3.63, 3.8) is 0 Å². The zero-order chi connectivity index (χ0) is 13.4. The van der Waals surface area contributed by atoms with Gasteiger partial charge in [-0.2, -0.15) is 5.06 Å². The van der Waals surface area contributed by atoms with Crippen LogP contribution in [0.15, 0.2) is 0 Å². The minimum absolute atomic E-state index is 0.0576. The van der Waals surface area contributed by atoms with E-state index in [1.165, 1.54) is 7.11 Å². The van der Waals surface area contributed by atoms with Gasteiger partial charge in [0.05, 0.1) is 19.2 Å². The number of rotatable bonds is 0. The van der Waals surface area contributed by atoms with Gasteiger partial charge < -0.3 is 9.94 Å². The fourth-order valence-corrected chi connectivity index (χ4v) is 2.18. The minimum atomic E-state index is -0.719. The molecule has 1 heterocycles. The van der Waals surface area contributed by atoms with Gasteiger partial charge in [0.2, 0.25) is 5.91 Å². The van der Waals surface area contributed by atoms with Crippen molar-refractivity contribution >= 4 is 12.0 Å². The van der Waals surface area contributed by atoms with E-state index in [0.29, 0.717) is 0 Å². The van der Waals surface area contributed by atoms with E-state index in [0.717, 1.165) is 9.96 Å². The lowest BCUT2D eigenvalue weighted by Crippen LogP contribution is -2.55. The third-order valence-corrected chi connectivity index (χ3v) is 2.97. The van der Waals surface area contributed by atoms with Crippen LogP contribution in [0.4, 0.5) is 4.79 Å². The van der Waals surface area contributed by atoms with Gasteiger partial charge in [0.15, 0.2) is 0 Å². The molecular formula is C11H20N2O4. The predicted octanol–water partition coefficient (Wildman–Crippen LogP) is 1.23. The number of hydrogen-bond donors (Lipinski definition) is 1. The summed E-state index contributed by atoms with van der Waals surface area (Å²) in [4.78, 5) is 24.5. The van der Waals surface area contributed by atoms with Crippen molar-refractivity contribution in [2.24, 2.45) is 0 Å². The molecule has 6 heteroatoms. The minimum Gasteiger partial charge on any atom is -0.452 e. The summed E-state index contributed by atoms with van der Waals surface area (Å²) in [5.74, 6) is -0.341. The van der Waals surface area contributed by atoms with Crippen molar-refractivity contribution in [1.29, 1.82) is 0 Å². The molecule has 0 spiro atoms. The van der Waals surface area contributed by atoms with Crippen molar-refractivity contribution in [3.8, 4) is 0 Å². The largest absolute Gasteiger partial charge is 0.452 e. The Labute approximate surface area is 101 Å². The second-order valence-corrected chi connectivity index (χ2v) is 5.56. The van der Waals surface area contributed by atoms with Crippen molar-refractivity contribution in [3.05, 3.63) is 0 Å². The highest BCUT2D eigenvalue weighted by molar-refractivity contribution is 5.92. The van der Waals surface area contributed by atoms with E-state index >= 15 is 0 Å². The topological polar surface area (TPSA) is 70.1 Å². The Kier molecular flexibility index (Phi) is 3.50. The lowest BCUT2D eigenvalue weighted by Gasteiger charge is -2.41. The van der Waals surface area contributed by atoms with Gasteiger partial charge in [-0.25, -0.2) is 9.69 Å². The van der Waals surface area contributed by atoms with E-state index in [1.54, 1.807) is 27.7 Å². The standard InChI is InChI=1S/C11H20N2O4/c1-10(2)6-8(14)12(9(15)17-5)7-11(3,4)13(10)16/h16H,6-7H2,1-5H3. The average Bonchev–Trinajstić information content (AvgIpc) is 2.27. The van der Waals surface area contributed by atoms with E-state index in [-0.39, 0.29) is 18.9 Å². The first-order chi connectivity index (χ1) is 7.62. The molecule has 0 aromatic rings. The average molecular weight is 244 g/mol.